The van der Waals surface area contributed by atoms with Crippen LogP contribution in [0, 0.1) is 29.6 Å². The molecule has 14 atom stereocenters. The minimum absolute atomic E-state index is 0.00142. The van der Waals surface area contributed by atoms with Gasteiger partial charge in [-0.2, -0.15) is 0 Å². The van der Waals surface area contributed by atoms with E-state index in [1.165, 1.54) is 19.1 Å². The fraction of sp³-hybridized carbons (Fsp3) is 0.810. The number of hydrogen-bond acceptors (Lipinski definition) is 12. The highest BCUT2D eigenvalue weighted by Crippen LogP contribution is 2.39. The lowest BCUT2D eigenvalue weighted by atomic mass is 9.82. The number of esters is 1. The first kappa shape index (κ1) is 45.2. The summed E-state index contributed by atoms with van der Waals surface area (Å²) in [6.45, 7) is 11.1. The summed E-state index contributed by atoms with van der Waals surface area (Å²) in [5, 5.41) is 33.9. The van der Waals surface area contributed by atoms with Gasteiger partial charge in [0.2, 0.25) is 5.79 Å². The van der Waals surface area contributed by atoms with Crippen molar-refractivity contribution in [3.8, 4) is 0 Å². The van der Waals surface area contributed by atoms with Crippen LogP contribution in [0.1, 0.15) is 106 Å². The summed E-state index contributed by atoms with van der Waals surface area (Å²) < 4.78 is 29.6. The van der Waals surface area contributed by atoms with Crippen LogP contribution in [0.2, 0.25) is 0 Å². The molecule has 312 valence electrons. The number of piperidine rings is 1. The zero-order valence-corrected chi connectivity index (χ0v) is 34.4. The molecule has 3 aliphatic heterocycles. The highest BCUT2D eigenvalue weighted by molar-refractivity contribution is 6.39. The van der Waals surface area contributed by atoms with Gasteiger partial charge in [0.05, 0.1) is 30.5 Å². The molecule has 1 saturated carbocycles. The summed E-state index contributed by atoms with van der Waals surface area (Å²) in [7, 11) is 4.62. The Kier molecular flexibility index (Phi) is 16.2. The normalized spacial score (nSPS) is 42.1. The molecule has 4 rings (SSSR count). The maximum Gasteiger partial charge on any atom is 0.329 e. The molecule has 0 radical (unpaired) electrons. The highest BCUT2D eigenvalue weighted by atomic mass is 16.7. The highest BCUT2D eigenvalue weighted by Gasteiger charge is 2.56. The summed E-state index contributed by atoms with van der Waals surface area (Å²) >= 11 is 0. The number of ketones is 2. The average molecular weight is 778 g/mol. The zero-order valence-electron chi connectivity index (χ0n) is 34.4. The van der Waals surface area contributed by atoms with E-state index in [4.69, 9.17) is 23.7 Å². The van der Waals surface area contributed by atoms with Crippen LogP contribution in [0.25, 0.3) is 0 Å². The molecule has 55 heavy (non-hydrogen) atoms. The number of fused-ring (bicyclic) bond motifs is 3. The number of carbonyl (C=O) groups is 4. The second-order valence-electron chi connectivity index (χ2n) is 16.9. The van der Waals surface area contributed by atoms with Gasteiger partial charge in [-0.1, -0.05) is 45.4 Å². The fourth-order valence-electron chi connectivity index (χ4n) is 9.16. The van der Waals surface area contributed by atoms with E-state index in [0.717, 1.165) is 5.57 Å². The monoisotopic (exact) mass is 777 g/mol. The lowest BCUT2D eigenvalue weighted by molar-refractivity contribution is -0.302. The molecular weight excluding hydrogens is 710 g/mol. The molecule has 0 aromatic heterocycles. The second-order valence-corrected chi connectivity index (χ2v) is 16.9. The van der Waals surface area contributed by atoms with E-state index in [-0.39, 0.29) is 49.5 Å². The van der Waals surface area contributed by atoms with Crippen molar-refractivity contribution < 1.29 is 58.2 Å². The molecular formula is C42H67NO12. The Morgan fingerprint density at radius 2 is 1.53 bits per heavy atom. The third-order valence-corrected chi connectivity index (χ3v) is 12.6. The Balaban J connectivity index is 1.75. The van der Waals surface area contributed by atoms with Crippen LogP contribution in [0.15, 0.2) is 23.3 Å². The molecule has 1 aliphatic carbocycles. The summed E-state index contributed by atoms with van der Waals surface area (Å²) in [5.74, 6) is -7.59. The van der Waals surface area contributed by atoms with Gasteiger partial charge in [-0.25, -0.2) is 4.79 Å². The number of aliphatic hydroxyl groups excluding tert-OH is 2. The van der Waals surface area contributed by atoms with Crippen molar-refractivity contribution in [2.45, 2.75) is 160 Å². The van der Waals surface area contributed by atoms with E-state index in [2.05, 4.69) is 0 Å². The van der Waals surface area contributed by atoms with Crippen molar-refractivity contribution in [3.63, 3.8) is 0 Å². The quantitative estimate of drug-likeness (QED) is 0.207. The Hall–Kier alpha value is -2.52. The van der Waals surface area contributed by atoms with Crippen molar-refractivity contribution in [1.29, 1.82) is 0 Å². The van der Waals surface area contributed by atoms with Gasteiger partial charge in [0.1, 0.15) is 24.0 Å². The predicted molar refractivity (Wildman–Crippen MR) is 203 cm³/mol. The molecule has 14 unspecified atom stereocenters. The SMILES string of the molecule is COC1CC(C=C(C)C2OC(=O)C3CCCCN3C(=O)C(=O)C3(O)OC(C(OC)CC(C)C/C(C)=C/C(C)C(=O)CC(O)C2C)C(OC)CC3C)CCC1O. The number of ether oxygens (including phenoxy) is 5. The number of rotatable bonds is 5. The van der Waals surface area contributed by atoms with Crippen LogP contribution in [0.5, 0.6) is 0 Å². The molecule has 13 heteroatoms. The van der Waals surface area contributed by atoms with Gasteiger partial charge < -0.3 is 43.9 Å². The first-order valence-electron chi connectivity index (χ1n) is 20.2. The molecule has 3 heterocycles. The minimum atomic E-state index is -2.50. The average Bonchev–Trinajstić information content (AvgIpc) is 3.15. The van der Waals surface area contributed by atoms with E-state index in [1.807, 2.05) is 32.9 Å². The zero-order chi connectivity index (χ0) is 40.8. The Morgan fingerprint density at radius 1 is 0.873 bits per heavy atom. The van der Waals surface area contributed by atoms with Gasteiger partial charge >= 0.3 is 5.97 Å². The van der Waals surface area contributed by atoms with Crippen LogP contribution < -0.4 is 0 Å². The van der Waals surface area contributed by atoms with Gasteiger partial charge in [-0.05, 0) is 89.0 Å². The van der Waals surface area contributed by atoms with Crippen LogP contribution in [-0.2, 0) is 42.9 Å². The summed E-state index contributed by atoms with van der Waals surface area (Å²) in [4.78, 5) is 57.3. The molecule has 0 spiro atoms. The smallest absolute Gasteiger partial charge is 0.329 e. The number of Topliss-reactive ketones (excluding diaryl/α,β-unsaturated/α-hetero) is 2. The standard InChI is InChI=1S/C42H67NO12/c1-23-16-24(2)18-35(52-8)38-36(53-9)20-27(5)42(50,55-38)39(47)40(48)43-15-11-10-12-30(43)41(49)54-37(28(6)33(46)22-32(45)25(3)17-23)26(4)19-29-13-14-31(44)34(21-29)51-7/h17,19,24-25,27-31,33-38,44,46,50H,10-16,18,20-22H2,1-9H3/b23-17+,26-19?. The van der Waals surface area contributed by atoms with Crippen molar-refractivity contribution >= 4 is 23.4 Å². The summed E-state index contributed by atoms with van der Waals surface area (Å²) in [5.41, 5.74) is 1.64. The number of allylic oxidation sites excluding steroid dienone is 3. The van der Waals surface area contributed by atoms with Crippen molar-refractivity contribution in [2.24, 2.45) is 29.6 Å². The molecule has 0 aromatic rings. The van der Waals surface area contributed by atoms with Gasteiger partial charge in [0, 0.05) is 52.0 Å². The molecule has 4 aliphatic rings. The lowest BCUT2D eigenvalue weighted by Gasteiger charge is -2.47. The number of cyclic esters (lactones) is 1. The molecule has 2 bridgehead atoms. The first-order valence-corrected chi connectivity index (χ1v) is 20.2. The predicted octanol–water partition coefficient (Wildman–Crippen LogP) is 4.08. The number of hydrogen-bond donors (Lipinski definition) is 3. The largest absolute Gasteiger partial charge is 0.456 e. The number of amides is 1. The van der Waals surface area contributed by atoms with Crippen molar-refractivity contribution in [3.05, 3.63) is 23.3 Å². The van der Waals surface area contributed by atoms with Gasteiger partial charge in [0.25, 0.3) is 11.7 Å². The lowest BCUT2D eigenvalue weighted by Crippen LogP contribution is -2.64. The van der Waals surface area contributed by atoms with Crippen LogP contribution in [0.4, 0.5) is 0 Å². The van der Waals surface area contributed by atoms with Gasteiger partial charge in [-0.3, -0.25) is 14.4 Å². The summed E-state index contributed by atoms with van der Waals surface area (Å²) in [6, 6.07) is -1.13. The van der Waals surface area contributed by atoms with E-state index in [1.54, 1.807) is 27.9 Å². The third kappa shape index (κ3) is 10.7. The van der Waals surface area contributed by atoms with Gasteiger partial charge in [0.15, 0.2) is 0 Å². The third-order valence-electron chi connectivity index (χ3n) is 12.6. The van der Waals surface area contributed by atoms with Crippen molar-refractivity contribution in [2.75, 3.05) is 27.9 Å². The minimum Gasteiger partial charge on any atom is -0.456 e. The van der Waals surface area contributed by atoms with E-state index < -0.39 is 83.9 Å². The number of methoxy groups -OCH3 is 3. The molecule has 13 nitrogen and oxygen atoms in total. The molecule has 3 fully saturated rings. The Labute approximate surface area is 327 Å². The number of aliphatic hydroxyl groups is 3. The second kappa shape index (κ2) is 19.8. The molecule has 2 saturated heterocycles. The topological polar surface area (TPSA) is 178 Å². The van der Waals surface area contributed by atoms with E-state index >= 15 is 0 Å². The van der Waals surface area contributed by atoms with Gasteiger partial charge in [-0.15, -0.1) is 0 Å². The van der Waals surface area contributed by atoms with Crippen LogP contribution >= 0.6 is 0 Å². The van der Waals surface area contributed by atoms with Crippen LogP contribution in [-0.4, -0.2) is 126 Å². The maximum absolute atomic E-state index is 14.2. The fourth-order valence-corrected chi connectivity index (χ4v) is 9.16. The molecule has 3 N–H and O–H groups in total. The van der Waals surface area contributed by atoms with Crippen molar-refractivity contribution in [1.82, 2.24) is 4.90 Å². The Morgan fingerprint density at radius 3 is 2.18 bits per heavy atom. The summed E-state index contributed by atoms with van der Waals surface area (Å²) in [6.07, 6.45) is 3.09. The van der Waals surface area contributed by atoms with E-state index in [9.17, 15) is 34.5 Å². The number of nitrogens with zero attached hydrogens (tertiary/aromatic N) is 1. The molecule has 0 aromatic carbocycles. The Bertz CT molecular complexity index is 1410. The number of carbonyl (C=O) groups excluding carboxylic acids is 4. The maximum atomic E-state index is 14.2. The first-order chi connectivity index (χ1) is 25.9. The van der Waals surface area contributed by atoms with Crippen LogP contribution in [0.3, 0.4) is 0 Å². The van der Waals surface area contributed by atoms with E-state index in [0.29, 0.717) is 50.5 Å². The molecule has 1 amide bonds.